The molecule has 1 amide bonds. The molecule has 0 saturated carbocycles. The number of hydrogen-bond donors (Lipinski definition) is 1. The van der Waals surface area contributed by atoms with Crippen molar-refractivity contribution in [2.24, 2.45) is 0 Å². The maximum absolute atomic E-state index is 12.3. The monoisotopic (exact) mass is 342 g/mol. The van der Waals surface area contributed by atoms with Crippen LogP contribution in [0.1, 0.15) is 19.4 Å². The topological polar surface area (TPSA) is 98.5 Å². The fourth-order valence-electron chi connectivity index (χ4n) is 2.18. The maximum atomic E-state index is 12.3. The molecule has 7 heteroatoms. The van der Waals surface area contributed by atoms with Crippen molar-refractivity contribution in [3.05, 3.63) is 70.3 Å². The van der Waals surface area contributed by atoms with Gasteiger partial charge in [0, 0.05) is 17.8 Å². The largest absolute Gasteiger partial charge is 0.455 e. The van der Waals surface area contributed by atoms with E-state index >= 15 is 0 Å². The first-order chi connectivity index (χ1) is 11.8. The van der Waals surface area contributed by atoms with Gasteiger partial charge in [0.2, 0.25) is 0 Å². The average Bonchev–Trinajstić information content (AvgIpc) is 2.60. The van der Waals surface area contributed by atoms with Crippen molar-refractivity contribution in [1.82, 2.24) is 0 Å². The van der Waals surface area contributed by atoms with E-state index in [9.17, 15) is 19.7 Å². The van der Waals surface area contributed by atoms with Crippen molar-refractivity contribution < 1.29 is 19.2 Å². The van der Waals surface area contributed by atoms with Crippen LogP contribution in [0.25, 0.3) is 0 Å². The normalized spacial score (nSPS) is 10.8. The Morgan fingerprint density at radius 3 is 2.44 bits per heavy atom. The fourth-order valence-corrected chi connectivity index (χ4v) is 2.18. The van der Waals surface area contributed by atoms with E-state index in [1.54, 1.807) is 13.8 Å². The first kappa shape index (κ1) is 18.1. The summed E-state index contributed by atoms with van der Waals surface area (Å²) in [6.45, 7) is 2.95. The lowest BCUT2D eigenvalue weighted by Gasteiger charge is -2.22. The van der Waals surface area contributed by atoms with Gasteiger partial charge < -0.3 is 10.1 Å². The minimum atomic E-state index is -0.896. The van der Waals surface area contributed by atoms with Gasteiger partial charge in [0.05, 0.1) is 10.3 Å². The zero-order valence-corrected chi connectivity index (χ0v) is 13.9. The van der Waals surface area contributed by atoms with Crippen LogP contribution in [-0.4, -0.2) is 23.4 Å². The third-order valence-electron chi connectivity index (χ3n) is 3.68. The molecule has 0 aliphatic rings. The van der Waals surface area contributed by atoms with Crippen molar-refractivity contribution in [2.45, 2.75) is 19.3 Å². The number of esters is 1. The van der Waals surface area contributed by atoms with Gasteiger partial charge in [0.1, 0.15) is 0 Å². The summed E-state index contributed by atoms with van der Waals surface area (Å²) in [4.78, 5) is 34.3. The molecule has 0 atom stereocenters. The second kappa shape index (κ2) is 7.57. The highest BCUT2D eigenvalue weighted by Gasteiger charge is 2.31. The highest BCUT2D eigenvalue weighted by Crippen LogP contribution is 2.24. The van der Waals surface area contributed by atoms with E-state index in [4.69, 9.17) is 4.74 Å². The Hall–Kier alpha value is -3.22. The van der Waals surface area contributed by atoms with Crippen LogP contribution >= 0.6 is 0 Å². The molecular weight excluding hydrogens is 324 g/mol. The summed E-state index contributed by atoms with van der Waals surface area (Å²) in [5, 5.41) is 13.2. The molecule has 0 aromatic heterocycles. The quantitative estimate of drug-likeness (QED) is 0.494. The highest BCUT2D eigenvalue weighted by molar-refractivity contribution is 5.94. The Bertz CT molecular complexity index is 787. The third-order valence-corrected chi connectivity index (χ3v) is 3.68. The number of ether oxygens (including phenoxy) is 1. The van der Waals surface area contributed by atoms with Crippen LogP contribution in [0.15, 0.2) is 54.6 Å². The molecule has 0 spiro atoms. The molecule has 0 aliphatic carbocycles. The Morgan fingerprint density at radius 1 is 1.12 bits per heavy atom. The number of non-ortho nitro benzene ring substituents is 1. The van der Waals surface area contributed by atoms with E-state index in [2.05, 4.69) is 5.32 Å². The van der Waals surface area contributed by atoms with Gasteiger partial charge in [-0.15, -0.1) is 0 Å². The third kappa shape index (κ3) is 4.63. The van der Waals surface area contributed by atoms with E-state index in [0.29, 0.717) is 0 Å². The van der Waals surface area contributed by atoms with E-state index in [1.807, 2.05) is 30.3 Å². The SMILES string of the molecule is CC(C)(C(=O)OCC(=O)Nc1cccc([N+](=O)[O-])c1)c1ccccc1. The highest BCUT2D eigenvalue weighted by atomic mass is 16.6. The molecule has 2 aromatic carbocycles. The van der Waals surface area contributed by atoms with Gasteiger partial charge in [0.25, 0.3) is 11.6 Å². The Labute approximate surface area is 144 Å². The van der Waals surface area contributed by atoms with E-state index in [1.165, 1.54) is 24.3 Å². The number of amides is 1. The lowest BCUT2D eigenvalue weighted by Crippen LogP contribution is -2.33. The molecular formula is C18H18N2O5. The molecule has 0 bridgehead atoms. The van der Waals surface area contributed by atoms with Gasteiger partial charge in [-0.2, -0.15) is 0 Å². The smallest absolute Gasteiger partial charge is 0.316 e. The lowest BCUT2D eigenvalue weighted by molar-refractivity contribution is -0.384. The van der Waals surface area contributed by atoms with Crippen molar-refractivity contribution in [2.75, 3.05) is 11.9 Å². The average molecular weight is 342 g/mol. The Morgan fingerprint density at radius 2 is 1.80 bits per heavy atom. The van der Waals surface area contributed by atoms with Gasteiger partial charge in [-0.1, -0.05) is 36.4 Å². The van der Waals surface area contributed by atoms with Crippen molar-refractivity contribution in [1.29, 1.82) is 0 Å². The van der Waals surface area contributed by atoms with Crippen molar-refractivity contribution in [3.63, 3.8) is 0 Å². The Kier molecular flexibility index (Phi) is 5.49. The van der Waals surface area contributed by atoms with Gasteiger partial charge in [-0.3, -0.25) is 19.7 Å². The number of carbonyl (C=O) groups is 2. The molecule has 0 aliphatic heterocycles. The summed E-state index contributed by atoms with van der Waals surface area (Å²) in [5.41, 5.74) is 0.00393. The first-order valence-corrected chi connectivity index (χ1v) is 7.58. The van der Waals surface area contributed by atoms with Crippen LogP contribution in [0.3, 0.4) is 0 Å². The standard InChI is InChI=1S/C18H18N2O5/c1-18(2,13-7-4-3-5-8-13)17(22)25-12-16(21)19-14-9-6-10-15(11-14)20(23)24/h3-11H,12H2,1-2H3,(H,19,21). The van der Waals surface area contributed by atoms with Crippen LogP contribution in [0, 0.1) is 10.1 Å². The molecule has 0 radical (unpaired) electrons. The molecule has 0 heterocycles. The predicted molar refractivity (Wildman–Crippen MR) is 92.2 cm³/mol. The number of nitro benzene ring substituents is 1. The number of nitro groups is 1. The molecule has 7 nitrogen and oxygen atoms in total. The minimum Gasteiger partial charge on any atom is -0.455 e. The minimum absolute atomic E-state index is 0.139. The number of carbonyl (C=O) groups excluding carboxylic acids is 2. The molecule has 0 saturated heterocycles. The van der Waals surface area contributed by atoms with Crippen LogP contribution < -0.4 is 5.32 Å². The number of hydrogen-bond acceptors (Lipinski definition) is 5. The number of nitrogens with one attached hydrogen (secondary N) is 1. The zero-order chi connectivity index (χ0) is 18.4. The molecule has 2 aromatic rings. The number of nitrogens with zero attached hydrogens (tertiary/aromatic N) is 1. The molecule has 0 unspecified atom stereocenters. The van der Waals surface area contributed by atoms with Crippen LogP contribution in [0.5, 0.6) is 0 Å². The first-order valence-electron chi connectivity index (χ1n) is 7.58. The lowest BCUT2D eigenvalue weighted by atomic mass is 9.85. The summed E-state index contributed by atoms with van der Waals surface area (Å²) in [5.74, 6) is -1.11. The summed E-state index contributed by atoms with van der Waals surface area (Å²) in [7, 11) is 0. The number of anilines is 1. The molecule has 0 fully saturated rings. The summed E-state index contributed by atoms with van der Waals surface area (Å²) >= 11 is 0. The zero-order valence-electron chi connectivity index (χ0n) is 13.9. The number of benzene rings is 2. The van der Waals surface area contributed by atoms with Gasteiger partial charge in [0.15, 0.2) is 6.61 Å². The summed E-state index contributed by atoms with van der Waals surface area (Å²) < 4.78 is 5.09. The second-order valence-electron chi connectivity index (χ2n) is 5.92. The van der Waals surface area contributed by atoms with Crippen molar-refractivity contribution >= 4 is 23.3 Å². The summed E-state index contributed by atoms with van der Waals surface area (Å²) in [6.07, 6.45) is 0. The van der Waals surface area contributed by atoms with Gasteiger partial charge in [-0.25, -0.2) is 0 Å². The molecule has 130 valence electrons. The molecule has 2 rings (SSSR count). The van der Waals surface area contributed by atoms with E-state index in [-0.39, 0.29) is 11.4 Å². The predicted octanol–water partition coefficient (Wildman–Crippen LogP) is 3.05. The van der Waals surface area contributed by atoms with Gasteiger partial charge >= 0.3 is 5.97 Å². The molecule has 25 heavy (non-hydrogen) atoms. The van der Waals surface area contributed by atoms with Gasteiger partial charge in [-0.05, 0) is 25.5 Å². The van der Waals surface area contributed by atoms with Crippen LogP contribution in [0.2, 0.25) is 0 Å². The maximum Gasteiger partial charge on any atom is 0.316 e. The van der Waals surface area contributed by atoms with Crippen LogP contribution in [-0.2, 0) is 19.7 Å². The van der Waals surface area contributed by atoms with Crippen molar-refractivity contribution in [3.8, 4) is 0 Å². The second-order valence-corrected chi connectivity index (χ2v) is 5.92. The molecule has 1 N–H and O–H groups in total. The fraction of sp³-hybridized carbons (Fsp3) is 0.222. The van der Waals surface area contributed by atoms with Crippen LogP contribution in [0.4, 0.5) is 11.4 Å². The van der Waals surface area contributed by atoms with E-state index in [0.717, 1.165) is 5.56 Å². The number of rotatable bonds is 6. The van der Waals surface area contributed by atoms with E-state index < -0.39 is 28.8 Å². The Balaban J connectivity index is 1.94. The summed E-state index contributed by atoms with van der Waals surface area (Å²) in [6, 6.07) is 14.6.